The van der Waals surface area contributed by atoms with Crippen LogP contribution in [0, 0.1) is 5.41 Å². The standard InChI is InChI=1S/C25H28N2O4/c1-25(2,3)14-19-15-26-22(27(19)16-23(28)29)13-10-17-8-11-18(12-9-17)20-6-4-5-7-21(20)24(30)31/h4-9,11-12,15H,10,13-14,16H2,1-3H3,(H,28,29)(H,30,31). The number of carboxylic acids is 2. The number of nitrogens with zero attached hydrogens (tertiary/aromatic N) is 2. The van der Waals surface area contributed by atoms with E-state index in [9.17, 15) is 19.8 Å². The zero-order chi connectivity index (χ0) is 22.6. The SMILES string of the molecule is CC(C)(C)Cc1cnc(CCc2ccc(-c3ccccc3C(=O)O)cc2)n1CC(=O)O. The van der Waals surface area contributed by atoms with Crippen molar-refractivity contribution in [1.29, 1.82) is 0 Å². The van der Waals surface area contributed by atoms with E-state index in [1.165, 1.54) is 0 Å². The van der Waals surface area contributed by atoms with E-state index >= 15 is 0 Å². The summed E-state index contributed by atoms with van der Waals surface area (Å²) < 4.78 is 1.81. The largest absolute Gasteiger partial charge is 0.480 e. The van der Waals surface area contributed by atoms with Crippen LogP contribution in [0.2, 0.25) is 0 Å². The van der Waals surface area contributed by atoms with E-state index in [4.69, 9.17) is 0 Å². The lowest BCUT2D eigenvalue weighted by atomic mass is 9.91. The fourth-order valence-corrected chi connectivity index (χ4v) is 3.69. The van der Waals surface area contributed by atoms with Gasteiger partial charge >= 0.3 is 11.9 Å². The lowest BCUT2D eigenvalue weighted by Gasteiger charge is -2.19. The molecule has 1 aromatic heterocycles. The molecule has 3 aromatic rings. The number of benzene rings is 2. The van der Waals surface area contributed by atoms with Crippen LogP contribution in [-0.2, 0) is 30.6 Å². The van der Waals surface area contributed by atoms with Crippen molar-refractivity contribution in [3.05, 3.63) is 77.4 Å². The summed E-state index contributed by atoms with van der Waals surface area (Å²) in [7, 11) is 0. The van der Waals surface area contributed by atoms with Gasteiger partial charge in [-0.2, -0.15) is 0 Å². The van der Waals surface area contributed by atoms with Crippen LogP contribution in [-0.4, -0.2) is 31.7 Å². The highest BCUT2D eigenvalue weighted by Crippen LogP contribution is 2.25. The smallest absolute Gasteiger partial charge is 0.336 e. The lowest BCUT2D eigenvalue weighted by Crippen LogP contribution is -2.19. The number of hydrogen-bond donors (Lipinski definition) is 2. The van der Waals surface area contributed by atoms with E-state index in [0.717, 1.165) is 29.1 Å². The van der Waals surface area contributed by atoms with E-state index < -0.39 is 11.9 Å². The van der Waals surface area contributed by atoms with Gasteiger partial charge in [0.2, 0.25) is 0 Å². The molecule has 0 aliphatic heterocycles. The van der Waals surface area contributed by atoms with Gasteiger partial charge in [0.1, 0.15) is 12.4 Å². The Kier molecular flexibility index (Phi) is 6.59. The van der Waals surface area contributed by atoms with Gasteiger partial charge in [0.25, 0.3) is 0 Å². The Morgan fingerprint density at radius 3 is 2.26 bits per heavy atom. The molecule has 0 spiro atoms. The fraction of sp³-hybridized carbons (Fsp3) is 0.320. The maximum atomic E-state index is 11.5. The van der Waals surface area contributed by atoms with Gasteiger partial charge in [-0.15, -0.1) is 0 Å². The Hall–Kier alpha value is -3.41. The molecular formula is C25H28N2O4. The van der Waals surface area contributed by atoms with Crippen LogP contribution in [0.15, 0.2) is 54.7 Å². The van der Waals surface area contributed by atoms with Crippen LogP contribution in [0.4, 0.5) is 0 Å². The first-order valence-corrected chi connectivity index (χ1v) is 10.3. The summed E-state index contributed by atoms with van der Waals surface area (Å²) in [4.78, 5) is 27.3. The van der Waals surface area contributed by atoms with Crippen molar-refractivity contribution in [2.75, 3.05) is 0 Å². The average Bonchev–Trinajstić information content (AvgIpc) is 3.06. The predicted octanol–water partition coefficient (Wildman–Crippen LogP) is 4.71. The molecule has 1 heterocycles. The van der Waals surface area contributed by atoms with Crippen LogP contribution in [0.5, 0.6) is 0 Å². The molecule has 6 nitrogen and oxygen atoms in total. The van der Waals surface area contributed by atoms with Gasteiger partial charge in [0.15, 0.2) is 0 Å². The zero-order valence-electron chi connectivity index (χ0n) is 18.1. The highest BCUT2D eigenvalue weighted by molar-refractivity contribution is 5.95. The predicted molar refractivity (Wildman–Crippen MR) is 119 cm³/mol. The average molecular weight is 421 g/mol. The molecule has 0 fully saturated rings. The van der Waals surface area contributed by atoms with Crippen molar-refractivity contribution in [2.45, 2.75) is 46.6 Å². The quantitative estimate of drug-likeness (QED) is 0.551. The highest BCUT2D eigenvalue weighted by atomic mass is 16.4. The maximum absolute atomic E-state index is 11.5. The van der Waals surface area contributed by atoms with Crippen molar-refractivity contribution in [2.24, 2.45) is 5.41 Å². The second-order valence-corrected chi connectivity index (χ2v) is 8.93. The molecule has 0 amide bonds. The Labute approximate surface area is 182 Å². The Balaban J connectivity index is 1.76. The maximum Gasteiger partial charge on any atom is 0.336 e. The van der Waals surface area contributed by atoms with E-state index in [-0.39, 0.29) is 17.5 Å². The van der Waals surface area contributed by atoms with Gasteiger partial charge in [0.05, 0.1) is 5.56 Å². The first-order valence-electron chi connectivity index (χ1n) is 10.3. The lowest BCUT2D eigenvalue weighted by molar-refractivity contribution is -0.137. The Morgan fingerprint density at radius 1 is 0.968 bits per heavy atom. The third kappa shape index (κ3) is 5.81. The molecule has 2 aromatic carbocycles. The molecule has 0 atom stereocenters. The number of imidazole rings is 1. The number of aryl methyl sites for hydroxylation is 2. The van der Waals surface area contributed by atoms with Gasteiger partial charge < -0.3 is 14.8 Å². The monoisotopic (exact) mass is 420 g/mol. The molecule has 0 bridgehead atoms. The van der Waals surface area contributed by atoms with Crippen LogP contribution in [0.1, 0.15) is 48.2 Å². The van der Waals surface area contributed by atoms with Crippen molar-refractivity contribution in [3.8, 4) is 11.1 Å². The van der Waals surface area contributed by atoms with Crippen molar-refractivity contribution in [1.82, 2.24) is 9.55 Å². The topological polar surface area (TPSA) is 92.4 Å². The summed E-state index contributed by atoms with van der Waals surface area (Å²) in [6.45, 7) is 6.27. The molecule has 6 heteroatoms. The molecule has 162 valence electrons. The third-order valence-corrected chi connectivity index (χ3v) is 5.09. The third-order valence-electron chi connectivity index (χ3n) is 5.09. The van der Waals surface area contributed by atoms with Crippen molar-refractivity contribution in [3.63, 3.8) is 0 Å². The first kappa shape index (κ1) is 22.3. The van der Waals surface area contributed by atoms with Gasteiger partial charge in [-0.1, -0.05) is 63.2 Å². The molecule has 0 saturated heterocycles. The summed E-state index contributed by atoms with van der Waals surface area (Å²) in [5.74, 6) is -1.06. The summed E-state index contributed by atoms with van der Waals surface area (Å²) in [6.07, 6.45) is 3.88. The molecular weight excluding hydrogens is 392 g/mol. The van der Waals surface area contributed by atoms with Crippen LogP contribution in [0.25, 0.3) is 11.1 Å². The second kappa shape index (κ2) is 9.16. The number of carbonyl (C=O) groups is 2. The molecule has 0 saturated carbocycles. The minimum absolute atomic E-state index is 0.0373. The van der Waals surface area contributed by atoms with Gasteiger partial charge in [-0.05, 0) is 41.0 Å². The number of aliphatic carboxylic acids is 1. The molecule has 0 aliphatic rings. The van der Waals surface area contributed by atoms with Gasteiger partial charge in [-0.25, -0.2) is 9.78 Å². The summed E-state index contributed by atoms with van der Waals surface area (Å²) in [6, 6.07) is 14.8. The van der Waals surface area contributed by atoms with Crippen LogP contribution < -0.4 is 0 Å². The Morgan fingerprint density at radius 2 is 1.65 bits per heavy atom. The van der Waals surface area contributed by atoms with E-state index in [2.05, 4.69) is 25.8 Å². The highest BCUT2D eigenvalue weighted by Gasteiger charge is 2.19. The van der Waals surface area contributed by atoms with E-state index in [0.29, 0.717) is 18.4 Å². The van der Waals surface area contributed by atoms with E-state index in [1.54, 1.807) is 24.4 Å². The van der Waals surface area contributed by atoms with Crippen molar-refractivity contribution >= 4 is 11.9 Å². The molecule has 0 unspecified atom stereocenters. The van der Waals surface area contributed by atoms with E-state index in [1.807, 2.05) is 34.9 Å². The molecule has 31 heavy (non-hydrogen) atoms. The number of aromatic carboxylic acids is 1. The minimum Gasteiger partial charge on any atom is -0.480 e. The number of aromatic nitrogens is 2. The van der Waals surface area contributed by atoms with Gasteiger partial charge in [0, 0.05) is 18.3 Å². The molecule has 0 radical (unpaired) electrons. The normalized spacial score (nSPS) is 11.5. The number of rotatable bonds is 8. The second-order valence-electron chi connectivity index (χ2n) is 8.93. The summed E-state index contributed by atoms with van der Waals surface area (Å²) in [5.41, 5.74) is 3.86. The molecule has 2 N–H and O–H groups in total. The van der Waals surface area contributed by atoms with Crippen molar-refractivity contribution < 1.29 is 19.8 Å². The summed E-state index contributed by atoms with van der Waals surface area (Å²) >= 11 is 0. The van der Waals surface area contributed by atoms with Crippen LogP contribution >= 0.6 is 0 Å². The first-order chi connectivity index (χ1) is 14.6. The van der Waals surface area contributed by atoms with Crippen LogP contribution in [0.3, 0.4) is 0 Å². The fourth-order valence-electron chi connectivity index (χ4n) is 3.69. The molecule has 3 rings (SSSR count). The number of hydrogen-bond acceptors (Lipinski definition) is 3. The molecule has 0 aliphatic carbocycles. The summed E-state index contributed by atoms with van der Waals surface area (Å²) in [5, 5.41) is 18.7. The van der Waals surface area contributed by atoms with Gasteiger partial charge in [-0.3, -0.25) is 4.79 Å². The zero-order valence-corrected chi connectivity index (χ0v) is 18.1. The number of carboxylic acid groups (broad SMARTS) is 2. The Bertz CT molecular complexity index is 1080. The minimum atomic E-state index is -0.948.